The van der Waals surface area contributed by atoms with Crippen molar-refractivity contribution in [2.24, 2.45) is 0 Å². The minimum absolute atomic E-state index is 0.122. The van der Waals surface area contributed by atoms with Crippen LogP contribution in [0.1, 0.15) is 17.5 Å². The van der Waals surface area contributed by atoms with Crippen molar-refractivity contribution >= 4 is 23.2 Å². The summed E-state index contributed by atoms with van der Waals surface area (Å²) in [4.78, 5) is 12.3. The summed E-state index contributed by atoms with van der Waals surface area (Å²) in [5.41, 5.74) is 3.11. The Labute approximate surface area is 128 Å². The number of rotatable bonds is 2. The number of anilines is 1. The van der Waals surface area contributed by atoms with Crippen LogP contribution < -0.4 is 10.1 Å². The SMILES string of the molecule is Cc1ccc2c(c1)CCC(C(=O)Nc1ccc(Cl)cc1)O2. The molecule has 0 aromatic heterocycles. The molecule has 4 heteroatoms. The van der Waals surface area contributed by atoms with Crippen LogP contribution in [0.2, 0.25) is 5.02 Å². The van der Waals surface area contributed by atoms with Crippen molar-refractivity contribution in [3.05, 3.63) is 58.6 Å². The quantitative estimate of drug-likeness (QED) is 0.911. The highest BCUT2D eigenvalue weighted by molar-refractivity contribution is 6.30. The van der Waals surface area contributed by atoms with Gasteiger partial charge in [-0.3, -0.25) is 4.79 Å². The monoisotopic (exact) mass is 301 g/mol. The first-order chi connectivity index (χ1) is 10.1. The highest BCUT2D eigenvalue weighted by Crippen LogP contribution is 2.28. The van der Waals surface area contributed by atoms with E-state index in [1.807, 2.05) is 12.1 Å². The number of hydrogen-bond donors (Lipinski definition) is 1. The average Bonchev–Trinajstić information content (AvgIpc) is 2.49. The molecule has 2 aromatic carbocycles. The van der Waals surface area contributed by atoms with Gasteiger partial charge >= 0.3 is 0 Å². The van der Waals surface area contributed by atoms with Gasteiger partial charge in [-0.05, 0) is 55.7 Å². The lowest BCUT2D eigenvalue weighted by molar-refractivity contribution is -0.123. The fourth-order valence-electron chi connectivity index (χ4n) is 2.46. The summed E-state index contributed by atoms with van der Waals surface area (Å²) in [5.74, 6) is 0.687. The van der Waals surface area contributed by atoms with Gasteiger partial charge < -0.3 is 10.1 Å². The number of benzene rings is 2. The largest absolute Gasteiger partial charge is 0.480 e. The summed E-state index contributed by atoms with van der Waals surface area (Å²) in [6, 6.07) is 13.1. The molecule has 1 heterocycles. The van der Waals surface area contributed by atoms with Crippen molar-refractivity contribution in [2.75, 3.05) is 5.32 Å². The average molecular weight is 302 g/mol. The van der Waals surface area contributed by atoms with Gasteiger partial charge in [0, 0.05) is 10.7 Å². The van der Waals surface area contributed by atoms with Gasteiger partial charge in [-0.2, -0.15) is 0 Å². The van der Waals surface area contributed by atoms with E-state index in [2.05, 4.69) is 18.3 Å². The number of aryl methyl sites for hydroxylation is 2. The molecule has 108 valence electrons. The number of fused-ring (bicyclic) bond motifs is 1. The number of carbonyl (C=O) groups excluding carboxylic acids is 1. The molecule has 1 unspecified atom stereocenters. The number of nitrogens with one attached hydrogen (secondary N) is 1. The Bertz CT molecular complexity index is 667. The third-order valence-electron chi connectivity index (χ3n) is 3.57. The van der Waals surface area contributed by atoms with Crippen molar-refractivity contribution in [1.82, 2.24) is 0 Å². The first-order valence-electron chi connectivity index (χ1n) is 6.94. The predicted molar refractivity (Wildman–Crippen MR) is 84.0 cm³/mol. The molecule has 0 spiro atoms. The first-order valence-corrected chi connectivity index (χ1v) is 7.32. The Balaban J connectivity index is 1.69. The predicted octanol–water partition coefficient (Wildman–Crippen LogP) is 3.98. The highest BCUT2D eigenvalue weighted by Gasteiger charge is 2.26. The van der Waals surface area contributed by atoms with Gasteiger partial charge in [0.1, 0.15) is 5.75 Å². The minimum atomic E-state index is -0.448. The lowest BCUT2D eigenvalue weighted by Crippen LogP contribution is -2.35. The van der Waals surface area contributed by atoms with E-state index in [1.54, 1.807) is 24.3 Å². The second-order valence-corrected chi connectivity index (χ2v) is 5.69. The van der Waals surface area contributed by atoms with Gasteiger partial charge in [-0.25, -0.2) is 0 Å². The molecule has 21 heavy (non-hydrogen) atoms. The molecule has 0 saturated heterocycles. The fraction of sp³-hybridized carbons (Fsp3) is 0.235. The van der Waals surface area contributed by atoms with Crippen LogP contribution in [0.15, 0.2) is 42.5 Å². The van der Waals surface area contributed by atoms with Gasteiger partial charge in [-0.15, -0.1) is 0 Å². The number of ether oxygens (including phenoxy) is 1. The van der Waals surface area contributed by atoms with Crippen LogP contribution in [0.25, 0.3) is 0 Å². The molecule has 0 bridgehead atoms. The van der Waals surface area contributed by atoms with Crippen molar-refractivity contribution in [2.45, 2.75) is 25.9 Å². The van der Waals surface area contributed by atoms with Gasteiger partial charge in [-0.1, -0.05) is 29.3 Å². The summed E-state index contributed by atoms with van der Waals surface area (Å²) >= 11 is 5.83. The highest BCUT2D eigenvalue weighted by atomic mass is 35.5. The van der Waals surface area contributed by atoms with E-state index in [4.69, 9.17) is 16.3 Å². The molecule has 1 aliphatic rings. The van der Waals surface area contributed by atoms with Crippen LogP contribution in [0.5, 0.6) is 5.75 Å². The summed E-state index contributed by atoms with van der Waals surface area (Å²) in [7, 11) is 0. The third-order valence-corrected chi connectivity index (χ3v) is 3.82. The van der Waals surface area contributed by atoms with Crippen LogP contribution in [0.4, 0.5) is 5.69 Å². The lowest BCUT2D eigenvalue weighted by Gasteiger charge is -2.25. The minimum Gasteiger partial charge on any atom is -0.480 e. The number of halogens is 1. The number of amides is 1. The number of hydrogen-bond acceptors (Lipinski definition) is 2. The van der Waals surface area contributed by atoms with Gasteiger partial charge in [0.2, 0.25) is 0 Å². The summed E-state index contributed by atoms with van der Waals surface area (Å²) in [5, 5.41) is 3.50. The summed E-state index contributed by atoms with van der Waals surface area (Å²) < 4.78 is 5.81. The van der Waals surface area contributed by atoms with Crippen molar-refractivity contribution < 1.29 is 9.53 Å². The van der Waals surface area contributed by atoms with Crippen LogP contribution in [0.3, 0.4) is 0 Å². The van der Waals surface area contributed by atoms with Crippen LogP contribution >= 0.6 is 11.6 Å². The molecular formula is C17H16ClNO2. The van der Waals surface area contributed by atoms with Crippen LogP contribution in [-0.4, -0.2) is 12.0 Å². The standard InChI is InChI=1S/C17H16ClNO2/c1-11-2-8-15-12(10-11)3-9-16(21-15)17(20)19-14-6-4-13(18)5-7-14/h2,4-8,10,16H,3,9H2,1H3,(H,19,20). The topological polar surface area (TPSA) is 38.3 Å². The van der Waals surface area contributed by atoms with E-state index in [1.165, 1.54) is 11.1 Å². The van der Waals surface area contributed by atoms with Crippen LogP contribution in [-0.2, 0) is 11.2 Å². The maximum absolute atomic E-state index is 12.3. The molecule has 0 aliphatic carbocycles. The Morgan fingerprint density at radius 3 is 2.76 bits per heavy atom. The number of carbonyl (C=O) groups is 1. The second-order valence-electron chi connectivity index (χ2n) is 5.25. The molecule has 1 atom stereocenters. The molecule has 1 aliphatic heterocycles. The van der Waals surface area contributed by atoms with Crippen molar-refractivity contribution in [3.8, 4) is 5.75 Å². The van der Waals surface area contributed by atoms with Crippen molar-refractivity contribution in [3.63, 3.8) is 0 Å². The first kappa shape index (κ1) is 14.0. The zero-order chi connectivity index (χ0) is 14.8. The molecule has 0 radical (unpaired) electrons. The Morgan fingerprint density at radius 2 is 2.00 bits per heavy atom. The molecule has 1 amide bonds. The zero-order valence-corrected chi connectivity index (χ0v) is 12.5. The van der Waals surface area contributed by atoms with Gasteiger partial charge in [0.05, 0.1) is 0 Å². The smallest absolute Gasteiger partial charge is 0.265 e. The zero-order valence-electron chi connectivity index (χ0n) is 11.7. The van der Waals surface area contributed by atoms with E-state index in [9.17, 15) is 4.79 Å². The molecule has 0 fully saturated rings. The summed E-state index contributed by atoms with van der Waals surface area (Å²) in [6.45, 7) is 2.06. The van der Waals surface area contributed by atoms with Gasteiger partial charge in [0.15, 0.2) is 6.10 Å². The molecule has 3 nitrogen and oxygen atoms in total. The van der Waals surface area contributed by atoms with Gasteiger partial charge in [0.25, 0.3) is 5.91 Å². The maximum Gasteiger partial charge on any atom is 0.265 e. The molecule has 2 aromatic rings. The molecular weight excluding hydrogens is 286 g/mol. The Kier molecular flexibility index (Phi) is 3.84. The van der Waals surface area contributed by atoms with E-state index in [0.717, 1.165) is 17.9 Å². The summed E-state index contributed by atoms with van der Waals surface area (Å²) in [6.07, 6.45) is 1.10. The Morgan fingerprint density at radius 1 is 1.24 bits per heavy atom. The van der Waals surface area contributed by atoms with Crippen molar-refractivity contribution in [1.29, 1.82) is 0 Å². The molecule has 1 N–H and O–H groups in total. The van der Waals surface area contributed by atoms with E-state index >= 15 is 0 Å². The second kappa shape index (κ2) is 5.78. The fourth-order valence-corrected chi connectivity index (χ4v) is 2.58. The third kappa shape index (κ3) is 3.19. The van der Waals surface area contributed by atoms with E-state index in [-0.39, 0.29) is 5.91 Å². The van der Waals surface area contributed by atoms with E-state index in [0.29, 0.717) is 11.4 Å². The van der Waals surface area contributed by atoms with E-state index < -0.39 is 6.10 Å². The molecule has 3 rings (SSSR count). The maximum atomic E-state index is 12.3. The normalized spacial score (nSPS) is 16.8. The lowest BCUT2D eigenvalue weighted by atomic mass is 10.00. The molecule has 0 saturated carbocycles. The van der Waals surface area contributed by atoms with Crippen LogP contribution in [0, 0.1) is 6.92 Å². The Hall–Kier alpha value is -2.00.